The summed E-state index contributed by atoms with van der Waals surface area (Å²) in [5.41, 5.74) is 0.847. The Balaban J connectivity index is 1.38. The minimum atomic E-state index is -3.97. The molecule has 0 bridgehead atoms. The van der Waals surface area contributed by atoms with E-state index in [1.54, 1.807) is 30.3 Å². The SMILES string of the molecule is COc1ccc(C(Cc2c(Cl)c[n+]([O-])cc2Cl)OC(=O)[C@@H]2SCCN2S(=O)(=O)c2ccccc2)c2c1OC1(CCCC1)O2. The number of benzene rings is 2. The van der Waals surface area contributed by atoms with Gasteiger partial charge in [0.25, 0.3) is 5.79 Å². The maximum atomic E-state index is 13.8. The summed E-state index contributed by atoms with van der Waals surface area (Å²) in [5, 5.41) is 11.0. The van der Waals surface area contributed by atoms with Crippen molar-refractivity contribution in [3.63, 3.8) is 0 Å². The van der Waals surface area contributed by atoms with Gasteiger partial charge >= 0.3 is 5.97 Å². The third-order valence-electron chi connectivity index (χ3n) is 7.72. The van der Waals surface area contributed by atoms with Crippen LogP contribution >= 0.6 is 35.0 Å². The summed E-state index contributed by atoms with van der Waals surface area (Å²) >= 11 is 14.0. The number of thioether (sulfide) groups is 1. The molecule has 1 unspecified atom stereocenters. The van der Waals surface area contributed by atoms with Crippen molar-refractivity contribution in [2.75, 3.05) is 19.4 Å². The molecule has 228 valence electrons. The summed E-state index contributed by atoms with van der Waals surface area (Å²) in [4.78, 5) is 13.9. The molecule has 3 aromatic rings. The van der Waals surface area contributed by atoms with Crippen molar-refractivity contribution in [2.24, 2.45) is 0 Å². The molecule has 10 nitrogen and oxygen atoms in total. The van der Waals surface area contributed by atoms with Gasteiger partial charge in [0.05, 0.1) is 12.0 Å². The molecular formula is C29H28Cl2N2O8S2. The Bertz CT molecular complexity index is 1630. The van der Waals surface area contributed by atoms with Crippen molar-refractivity contribution in [3.8, 4) is 17.2 Å². The molecule has 2 aromatic carbocycles. The normalized spacial score (nSPS) is 19.9. The Morgan fingerprint density at radius 1 is 1.12 bits per heavy atom. The van der Waals surface area contributed by atoms with Crippen LogP contribution in [0.1, 0.15) is 42.9 Å². The molecule has 6 rings (SSSR count). The third-order valence-corrected chi connectivity index (χ3v) is 11.6. The zero-order valence-electron chi connectivity index (χ0n) is 23.0. The number of methoxy groups -OCH3 is 1. The lowest BCUT2D eigenvalue weighted by molar-refractivity contribution is -0.605. The van der Waals surface area contributed by atoms with Crippen LogP contribution in [0.25, 0.3) is 0 Å². The lowest BCUT2D eigenvalue weighted by Gasteiger charge is -2.26. The maximum Gasteiger partial charge on any atom is 0.335 e. The van der Waals surface area contributed by atoms with Gasteiger partial charge in [-0.2, -0.15) is 9.04 Å². The summed E-state index contributed by atoms with van der Waals surface area (Å²) in [6.07, 6.45) is 4.48. The van der Waals surface area contributed by atoms with E-state index < -0.39 is 33.3 Å². The summed E-state index contributed by atoms with van der Waals surface area (Å²) in [6.45, 7) is 0.142. The smallest absolute Gasteiger partial charge is 0.335 e. The van der Waals surface area contributed by atoms with Gasteiger partial charge in [0.15, 0.2) is 29.3 Å². The Morgan fingerprint density at radius 2 is 1.79 bits per heavy atom. The molecule has 1 saturated carbocycles. The van der Waals surface area contributed by atoms with Gasteiger partial charge < -0.3 is 24.2 Å². The molecule has 43 heavy (non-hydrogen) atoms. The summed E-state index contributed by atoms with van der Waals surface area (Å²) < 4.78 is 53.0. The minimum absolute atomic E-state index is 0.0256. The summed E-state index contributed by atoms with van der Waals surface area (Å²) in [6, 6.07) is 11.4. The predicted octanol–water partition coefficient (Wildman–Crippen LogP) is 5.27. The van der Waals surface area contributed by atoms with Crippen molar-refractivity contribution in [2.45, 2.75) is 54.3 Å². The molecule has 2 fully saturated rings. The van der Waals surface area contributed by atoms with E-state index in [0.717, 1.165) is 29.5 Å². The molecule has 1 aliphatic carbocycles. The number of hydrogen-bond acceptors (Lipinski definition) is 9. The molecule has 3 aliphatic rings. The first-order chi connectivity index (χ1) is 20.6. The van der Waals surface area contributed by atoms with Gasteiger partial charge in [-0.3, -0.25) is 0 Å². The van der Waals surface area contributed by atoms with E-state index in [1.165, 1.54) is 31.0 Å². The Hall–Kier alpha value is -2.90. The highest BCUT2D eigenvalue weighted by Gasteiger charge is 2.48. The summed E-state index contributed by atoms with van der Waals surface area (Å²) in [7, 11) is -2.45. The number of ether oxygens (including phenoxy) is 4. The molecule has 0 N–H and O–H groups in total. The highest BCUT2D eigenvalue weighted by atomic mass is 35.5. The number of aromatic nitrogens is 1. The lowest BCUT2D eigenvalue weighted by Crippen LogP contribution is -2.40. The van der Waals surface area contributed by atoms with E-state index in [2.05, 4.69) is 0 Å². The molecule has 0 radical (unpaired) electrons. The monoisotopic (exact) mass is 666 g/mol. The molecular weight excluding hydrogens is 639 g/mol. The van der Waals surface area contributed by atoms with E-state index in [9.17, 15) is 18.4 Å². The van der Waals surface area contributed by atoms with Crippen LogP contribution in [0.15, 0.2) is 59.8 Å². The molecule has 1 spiro atoms. The first kappa shape index (κ1) is 30.1. The number of sulfonamides is 1. The first-order valence-corrected chi connectivity index (χ1v) is 16.9. The molecule has 1 saturated heterocycles. The highest BCUT2D eigenvalue weighted by molar-refractivity contribution is 8.02. The average molecular weight is 668 g/mol. The lowest BCUT2D eigenvalue weighted by atomic mass is 10.00. The number of hydrogen-bond donors (Lipinski definition) is 0. The minimum Gasteiger partial charge on any atom is -0.619 e. The zero-order valence-corrected chi connectivity index (χ0v) is 26.2. The topological polar surface area (TPSA) is 118 Å². The number of carbonyl (C=O) groups is 1. The van der Waals surface area contributed by atoms with Crippen LogP contribution in [0.3, 0.4) is 0 Å². The van der Waals surface area contributed by atoms with Crippen LogP contribution in [0.4, 0.5) is 0 Å². The fourth-order valence-electron chi connectivity index (χ4n) is 5.63. The van der Waals surface area contributed by atoms with Gasteiger partial charge in [-0.15, -0.1) is 11.8 Å². The number of pyridine rings is 1. The van der Waals surface area contributed by atoms with Crippen LogP contribution in [-0.2, 0) is 26.0 Å². The maximum absolute atomic E-state index is 13.8. The van der Waals surface area contributed by atoms with Crippen LogP contribution in [-0.4, -0.2) is 49.3 Å². The Morgan fingerprint density at radius 3 is 2.47 bits per heavy atom. The van der Waals surface area contributed by atoms with E-state index in [4.69, 9.17) is 42.1 Å². The molecule has 2 aliphatic heterocycles. The van der Waals surface area contributed by atoms with Crippen LogP contribution in [0, 0.1) is 5.21 Å². The predicted molar refractivity (Wildman–Crippen MR) is 160 cm³/mol. The second-order valence-corrected chi connectivity index (χ2v) is 14.3. The van der Waals surface area contributed by atoms with Crippen molar-refractivity contribution >= 4 is 51.0 Å². The Kier molecular flexibility index (Phi) is 8.33. The molecule has 2 atom stereocenters. The number of halogens is 2. The highest BCUT2D eigenvalue weighted by Crippen LogP contribution is 2.54. The van der Waals surface area contributed by atoms with Crippen molar-refractivity contribution < 1.29 is 36.9 Å². The summed E-state index contributed by atoms with van der Waals surface area (Å²) in [5.74, 6) is 0.0323. The van der Waals surface area contributed by atoms with Gasteiger partial charge in [-0.05, 0) is 37.1 Å². The zero-order chi connectivity index (χ0) is 30.4. The van der Waals surface area contributed by atoms with Crippen molar-refractivity contribution in [1.82, 2.24) is 4.31 Å². The van der Waals surface area contributed by atoms with Crippen molar-refractivity contribution in [1.29, 1.82) is 0 Å². The Labute approximate surface area is 263 Å². The van der Waals surface area contributed by atoms with Crippen LogP contribution in [0.2, 0.25) is 10.0 Å². The number of nitrogens with zero attached hydrogens (tertiary/aromatic N) is 2. The fraction of sp³-hybridized carbons (Fsp3) is 0.379. The fourth-order valence-corrected chi connectivity index (χ4v) is 9.29. The third kappa shape index (κ3) is 5.71. The van der Waals surface area contributed by atoms with Crippen molar-refractivity contribution in [3.05, 3.63) is 81.2 Å². The van der Waals surface area contributed by atoms with Gasteiger partial charge in [0, 0.05) is 42.7 Å². The second kappa shape index (κ2) is 11.9. The van der Waals surface area contributed by atoms with E-state index in [0.29, 0.717) is 51.7 Å². The standard InChI is InChI=1S/C29H28Cl2N2O8S2/c1-38-23-10-9-19(25-26(23)41-29(40-25)11-5-6-12-29)24(15-20-21(30)16-32(35)17-22(20)31)39-28(34)27-33(13-14-42-27)43(36,37)18-7-3-2-4-8-18/h2-4,7-10,16-17,24,27H,5-6,11-15H2,1H3/t24?,27-/m0/s1. The van der Waals surface area contributed by atoms with Gasteiger partial charge in [-0.1, -0.05) is 41.4 Å². The van der Waals surface area contributed by atoms with Crippen LogP contribution in [0.5, 0.6) is 17.2 Å². The van der Waals surface area contributed by atoms with E-state index in [-0.39, 0.29) is 27.9 Å². The van der Waals surface area contributed by atoms with E-state index >= 15 is 0 Å². The molecule has 1 aromatic heterocycles. The molecule has 14 heteroatoms. The quantitative estimate of drug-likeness (QED) is 0.180. The number of esters is 1. The van der Waals surface area contributed by atoms with Gasteiger partial charge in [0.2, 0.25) is 15.8 Å². The van der Waals surface area contributed by atoms with Gasteiger partial charge in [0.1, 0.15) is 16.1 Å². The second-order valence-electron chi connectivity index (χ2n) is 10.4. The molecule has 0 amide bonds. The number of carbonyl (C=O) groups excluding carboxylic acids is 1. The number of rotatable bonds is 8. The first-order valence-electron chi connectivity index (χ1n) is 13.7. The van der Waals surface area contributed by atoms with Crippen LogP contribution < -0.4 is 18.9 Å². The van der Waals surface area contributed by atoms with E-state index in [1.807, 2.05) is 0 Å². The average Bonchev–Trinajstić information content (AvgIpc) is 3.74. The largest absolute Gasteiger partial charge is 0.619 e. The molecule has 3 heterocycles. The van der Waals surface area contributed by atoms with Gasteiger partial charge in [-0.25, -0.2) is 13.2 Å². The number of fused-ring (bicyclic) bond motifs is 1.